The molecule has 4 amide bonds. The fourth-order valence-electron chi connectivity index (χ4n) is 2.53. The normalized spacial score (nSPS) is 10.1. The number of nitrogens with zero attached hydrogens (tertiary/aromatic N) is 1. The van der Waals surface area contributed by atoms with Crippen LogP contribution in [0.25, 0.3) is 0 Å². The number of carbonyl (C=O) groups excluding carboxylic acids is 4. The minimum Gasteiger partial charge on any atom is -0.459 e. The zero-order chi connectivity index (χ0) is 22.1. The van der Waals surface area contributed by atoms with Crippen molar-refractivity contribution in [3.63, 3.8) is 0 Å². The van der Waals surface area contributed by atoms with Gasteiger partial charge in [0.15, 0.2) is 5.76 Å². The lowest BCUT2D eigenvalue weighted by atomic mass is 10.1. The van der Waals surface area contributed by atoms with Crippen molar-refractivity contribution in [3.05, 3.63) is 84.1 Å². The molecule has 0 aliphatic heterocycles. The van der Waals surface area contributed by atoms with Gasteiger partial charge in [0.2, 0.25) is 5.91 Å². The maximum Gasteiger partial charge on any atom is 0.291 e. The van der Waals surface area contributed by atoms with Crippen molar-refractivity contribution in [1.29, 1.82) is 0 Å². The van der Waals surface area contributed by atoms with Crippen LogP contribution in [0.1, 0.15) is 37.7 Å². The Bertz CT molecular complexity index is 1070. The van der Waals surface area contributed by atoms with Gasteiger partial charge in [0.25, 0.3) is 17.7 Å². The first-order chi connectivity index (χ1) is 15.0. The monoisotopic (exact) mass is 421 g/mol. The fraction of sp³-hybridized carbons (Fsp3) is 0.0952. The van der Waals surface area contributed by atoms with Crippen LogP contribution >= 0.6 is 0 Å². The zero-order valence-electron chi connectivity index (χ0n) is 16.3. The molecule has 2 aromatic heterocycles. The summed E-state index contributed by atoms with van der Waals surface area (Å²) in [5.74, 6) is -1.82. The molecule has 1 aromatic carbocycles. The predicted molar refractivity (Wildman–Crippen MR) is 110 cm³/mol. The van der Waals surface area contributed by atoms with Crippen molar-refractivity contribution in [2.75, 3.05) is 11.9 Å². The molecule has 0 spiro atoms. The number of hydrogen-bond donors (Lipinski definition) is 4. The Labute approximate surface area is 177 Å². The van der Waals surface area contributed by atoms with Crippen LogP contribution in [0.15, 0.2) is 71.6 Å². The van der Waals surface area contributed by atoms with Gasteiger partial charge in [-0.15, -0.1) is 0 Å². The third-order valence-corrected chi connectivity index (χ3v) is 4.06. The number of anilines is 1. The summed E-state index contributed by atoms with van der Waals surface area (Å²) in [6.45, 7) is 0.0241. The van der Waals surface area contributed by atoms with Crippen molar-refractivity contribution in [1.82, 2.24) is 21.2 Å². The fourth-order valence-corrected chi connectivity index (χ4v) is 2.53. The van der Waals surface area contributed by atoms with Crippen LogP contribution in [0.2, 0.25) is 0 Å². The highest BCUT2D eigenvalue weighted by atomic mass is 16.3. The highest BCUT2D eigenvalue weighted by Gasteiger charge is 2.15. The lowest BCUT2D eigenvalue weighted by molar-refractivity contribution is -0.121. The second-order valence-corrected chi connectivity index (χ2v) is 6.22. The Morgan fingerprint density at radius 2 is 1.61 bits per heavy atom. The van der Waals surface area contributed by atoms with Gasteiger partial charge in [-0.25, -0.2) is 0 Å². The number of para-hydroxylation sites is 1. The van der Waals surface area contributed by atoms with Crippen molar-refractivity contribution in [2.24, 2.45) is 0 Å². The highest BCUT2D eigenvalue weighted by Crippen LogP contribution is 2.16. The number of pyridine rings is 1. The lowest BCUT2D eigenvalue weighted by Crippen LogP contribution is -2.42. The molecule has 10 heteroatoms. The van der Waals surface area contributed by atoms with Crippen LogP contribution in [0.3, 0.4) is 0 Å². The molecule has 3 rings (SSSR count). The van der Waals surface area contributed by atoms with E-state index in [9.17, 15) is 19.2 Å². The molecule has 0 radical (unpaired) electrons. The van der Waals surface area contributed by atoms with Gasteiger partial charge in [-0.05, 0) is 36.4 Å². The summed E-state index contributed by atoms with van der Waals surface area (Å²) in [6, 6.07) is 12.5. The van der Waals surface area contributed by atoms with E-state index in [2.05, 4.69) is 26.5 Å². The second kappa shape index (κ2) is 10.3. The summed E-state index contributed by atoms with van der Waals surface area (Å²) in [7, 11) is 0. The number of nitrogens with one attached hydrogen (secondary N) is 4. The summed E-state index contributed by atoms with van der Waals surface area (Å²) in [4.78, 5) is 52.2. The summed E-state index contributed by atoms with van der Waals surface area (Å²) >= 11 is 0. The van der Waals surface area contributed by atoms with Crippen LogP contribution < -0.4 is 21.5 Å². The molecular weight excluding hydrogens is 402 g/mol. The third kappa shape index (κ3) is 6.00. The minimum atomic E-state index is -0.491. The molecule has 0 atom stereocenters. The molecule has 31 heavy (non-hydrogen) atoms. The van der Waals surface area contributed by atoms with E-state index in [1.165, 1.54) is 36.9 Å². The summed E-state index contributed by atoms with van der Waals surface area (Å²) in [5.41, 5.74) is 5.42. The number of rotatable bonds is 7. The van der Waals surface area contributed by atoms with Gasteiger partial charge in [0, 0.05) is 30.9 Å². The molecule has 0 bridgehead atoms. The van der Waals surface area contributed by atoms with Crippen LogP contribution in [0, 0.1) is 0 Å². The molecule has 2 heterocycles. The van der Waals surface area contributed by atoms with Gasteiger partial charge >= 0.3 is 0 Å². The van der Waals surface area contributed by atoms with Gasteiger partial charge in [-0.3, -0.25) is 35.0 Å². The lowest BCUT2D eigenvalue weighted by Gasteiger charge is -2.11. The third-order valence-electron chi connectivity index (χ3n) is 4.06. The Kier molecular flexibility index (Phi) is 7.09. The molecule has 0 saturated heterocycles. The Morgan fingerprint density at radius 3 is 2.35 bits per heavy atom. The van der Waals surface area contributed by atoms with E-state index in [-0.39, 0.29) is 24.3 Å². The van der Waals surface area contributed by atoms with Crippen molar-refractivity contribution >= 4 is 29.3 Å². The first-order valence-corrected chi connectivity index (χ1v) is 9.26. The molecule has 0 unspecified atom stereocenters. The van der Waals surface area contributed by atoms with Crippen molar-refractivity contribution in [2.45, 2.75) is 6.42 Å². The van der Waals surface area contributed by atoms with Crippen LogP contribution in [0.4, 0.5) is 5.69 Å². The van der Waals surface area contributed by atoms with Gasteiger partial charge in [0.1, 0.15) is 0 Å². The number of hydrogen-bond acceptors (Lipinski definition) is 6. The highest BCUT2D eigenvalue weighted by molar-refractivity contribution is 6.07. The number of carbonyl (C=O) groups is 4. The zero-order valence-corrected chi connectivity index (χ0v) is 16.3. The van der Waals surface area contributed by atoms with Gasteiger partial charge in [0.05, 0.1) is 17.5 Å². The number of benzene rings is 1. The quantitative estimate of drug-likeness (QED) is 0.426. The van der Waals surface area contributed by atoms with E-state index in [1.54, 1.807) is 30.3 Å². The largest absolute Gasteiger partial charge is 0.459 e. The van der Waals surface area contributed by atoms with Crippen LogP contribution in [0.5, 0.6) is 0 Å². The molecule has 0 saturated carbocycles. The van der Waals surface area contributed by atoms with Gasteiger partial charge in [-0.2, -0.15) is 0 Å². The Morgan fingerprint density at radius 1 is 0.839 bits per heavy atom. The second-order valence-electron chi connectivity index (χ2n) is 6.22. The first-order valence-electron chi connectivity index (χ1n) is 9.26. The standard InChI is InChI=1S/C21H19N5O5/c27-18(25-26-19(28)14-7-10-22-11-8-14)9-12-23-20(29)15-4-1-2-5-16(15)24-21(30)17-6-3-13-31-17/h1-8,10-11,13H,9,12H2,(H,23,29)(H,24,30)(H,25,27)(H,26,28). The summed E-state index contributed by atoms with van der Waals surface area (Å²) in [6.07, 6.45) is 4.23. The van der Waals surface area contributed by atoms with E-state index in [0.29, 0.717) is 11.3 Å². The average Bonchev–Trinajstić information content (AvgIpc) is 3.33. The van der Waals surface area contributed by atoms with E-state index < -0.39 is 23.6 Å². The van der Waals surface area contributed by atoms with Crippen molar-refractivity contribution in [3.8, 4) is 0 Å². The molecule has 10 nitrogen and oxygen atoms in total. The average molecular weight is 421 g/mol. The molecule has 4 N–H and O–H groups in total. The van der Waals surface area contributed by atoms with Gasteiger partial charge < -0.3 is 15.1 Å². The minimum absolute atomic E-state index is 0.0241. The molecule has 0 fully saturated rings. The Hall–Kier alpha value is -4.47. The smallest absolute Gasteiger partial charge is 0.291 e. The Balaban J connectivity index is 1.47. The number of aromatic nitrogens is 1. The molecule has 0 aliphatic carbocycles. The van der Waals surface area contributed by atoms with Gasteiger partial charge in [-0.1, -0.05) is 12.1 Å². The van der Waals surface area contributed by atoms with Crippen LogP contribution in [-0.4, -0.2) is 35.2 Å². The maximum absolute atomic E-state index is 12.5. The summed E-state index contributed by atoms with van der Waals surface area (Å²) in [5, 5.41) is 5.22. The molecule has 3 aromatic rings. The maximum atomic E-state index is 12.5. The van der Waals surface area contributed by atoms with E-state index >= 15 is 0 Å². The van der Waals surface area contributed by atoms with E-state index in [4.69, 9.17) is 4.42 Å². The number of amides is 4. The number of hydrazine groups is 1. The number of furan rings is 1. The predicted octanol–water partition coefficient (Wildman–Crippen LogP) is 1.51. The molecular formula is C21H19N5O5. The SMILES string of the molecule is O=C(CCNC(=O)c1ccccc1NC(=O)c1ccco1)NNC(=O)c1ccncc1. The van der Waals surface area contributed by atoms with E-state index in [0.717, 1.165) is 0 Å². The summed E-state index contributed by atoms with van der Waals surface area (Å²) < 4.78 is 5.04. The van der Waals surface area contributed by atoms with Crippen molar-refractivity contribution < 1.29 is 23.6 Å². The topological polar surface area (TPSA) is 142 Å². The molecule has 0 aliphatic rings. The van der Waals surface area contributed by atoms with Crippen LogP contribution in [-0.2, 0) is 4.79 Å². The first kappa shape index (κ1) is 21.2. The molecule has 158 valence electrons. The van der Waals surface area contributed by atoms with E-state index in [1.807, 2.05) is 0 Å².